The lowest BCUT2D eigenvalue weighted by molar-refractivity contribution is 0.470. The van der Waals surface area contributed by atoms with Crippen molar-refractivity contribution in [1.29, 1.82) is 0 Å². The Kier molecular flexibility index (Phi) is 7.13. The Morgan fingerprint density at radius 2 is 1.76 bits per heavy atom. The van der Waals surface area contributed by atoms with Crippen LogP contribution in [0.4, 0.5) is 5.69 Å². The summed E-state index contributed by atoms with van der Waals surface area (Å²) in [6.45, 7) is 5.93. The van der Waals surface area contributed by atoms with Gasteiger partial charge in [-0.1, -0.05) is 69.2 Å². The first-order valence-electron chi connectivity index (χ1n) is 12.1. The van der Waals surface area contributed by atoms with Crippen LogP contribution in [0, 0.1) is 6.92 Å². The minimum Gasteiger partial charge on any atom is -0.508 e. The maximum Gasteiger partial charge on any atom is 0.264 e. The molecule has 0 saturated carbocycles. The number of allylic oxidation sites excluding steroid dienone is 1. The van der Waals surface area contributed by atoms with Crippen molar-refractivity contribution in [1.82, 2.24) is 0 Å². The maximum absolute atomic E-state index is 14.0. The van der Waals surface area contributed by atoms with Crippen LogP contribution in [0.5, 0.6) is 5.75 Å². The highest BCUT2D eigenvalue weighted by Gasteiger charge is 2.38. The van der Waals surface area contributed by atoms with E-state index in [-0.39, 0.29) is 16.7 Å². The van der Waals surface area contributed by atoms with Gasteiger partial charge < -0.3 is 5.11 Å². The molecule has 1 aliphatic heterocycles. The number of sulfonamides is 1. The normalized spacial score (nSPS) is 15.4. The summed E-state index contributed by atoms with van der Waals surface area (Å²) in [5.74, 6) is 0.0887. The Morgan fingerprint density at radius 3 is 2.50 bits per heavy atom. The monoisotopic (exact) mass is 475 g/mol. The highest BCUT2D eigenvalue weighted by molar-refractivity contribution is 7.92. The second-order valence-electron chi connectivity index (χ2n) is 8.94. The molecule has 0 saturated heterocycles. The number of aryl methyl sites for hydroxylation is 1. The van der Waals surface area contributed by atoms with Crippen LogP contribution in [0.1, 0.15) is 68.7 Å². The lowest BCUT2D eigenvalue weighted by Gasteiger charge is -2.39. The van der Waals surface area contributed by atoms with Gasteiger partial charge in [0.1, 0.15) is 5.75 Å². The summed E-state index contributed by atoms with van der Waals surface area (Å²) in [6, 6.07) is 18.3. The molecule has 0 aliphatic carbocycles. The minimum absolute atomic E-state index is 0.0887. The van der Waals surface area contributed by atoms with Gasteiger partial charge in [-0.3, -0.25) is 4.31 Å². The number of hydrogen-bond donors (Lipinski definition) is 1. The van der Waals surface area contributed by atoms with Crippen molar-refractivity contribution in [3.63, 3.8) is 0 Å². The number of phenols is 1. The summed E-state index contributed by atoms with van der Waals surface area (Å²) < 4.78 is 29.5. The average molecular weight is 476 g/mol. The molecule has 5 heteroatoms. The predicted molar refractivity (Wildman–Crippen MR) is 141 cm³/mol. The predicted octanol–water partition coefficient (Wildman–Crippen LogP) is 7.62. The molecule has 1 atom stereocenters. The van der Waals surface area contributed by atoms with Gasteiger partial charge >= 0.3 is 0 Å². The fraction of sp³-hybridized carbons (Fsp3) is 0.310. The molecular weight excluding hydrogens is 442 g/mol. The van der Waals surface area contributed by atoms with E-state index < -0.39 is 10.0 Å². The van der Waals surface area contributed by atoms with Crippen molar-refractivity contribution in [3.05, 3.63) is 83.4 Å². The maximum atomic E-state index is 14.0. The Morgan fingerprint density at radius 1 is 0.971 bits per heavy atom. The molecule has 1 N–H and O–H groups in total. The Hall–Kier alpha value is -3.05. The number of benzene rings is 3. The zero-order valence-corrected chi connectivity index (χ0v) is 21.0. The highest BCUT2D eigenvalue weighted by atomic mass is 32.2. The van der Waals surface area contributed by atoms with Crippen LogP contribution in [-0.2, 0) is 10.0 Å². The molecule has 3 aromatic rings. The fourth-order valence-electron chi connectivity index (χ4n) is 4.71. The van der Waals surface area contributed by atoms with Crippen molar-refractivity contribution in [2.24, 2.45) is 0 Å². The molecule has 1 aliphatic rings. The lowest BCUT2D eigenvalue weighted by atomic mass is 9.88. The molecule has 3 aromatic carbocycles. The zero-order chi connectivity index (χ0) is 24.3. The number of hydrogen-bond acceptors (Lipinski definition) is 3. The molecule has 0 aromatic heterocycles. The molecule has 1 unspecified atom stereocenters. The van der Waals surface area contributed by atoms with Crippen LogP contribution in [-0.4, -0.2) is 13.5 Å². The van der Waals surface area contributed by atoms with E-state index in [1.807, 2.05) is 37.3 Å². The van der Waals surface area contributed by atoms with E-state index >= 15 is 0 Å². The number of rotatable bonds is 8. The standard InChI is InChI=1S/C29H33NO3S/c1-4-6-7-8-9-12-22-15-17-28-26(20-22)24-13-10-11-14-25(24)27(5-2)30(28)34(32,33)23-16-18-29(31)21(3)19-23/h9-20,27,31H,4-8H2,1-3H3/b12-9+. The van der Waals surface area contributed by atoms with Gasteiger partial charge in [0.15, 0.2) is 0 Å². The topological polar surface area (TPSA) is 57.6 Å². The fourth-order valence-corrected chi connectivity index (χ4v) is 6.52. The molecule has 4 nitrogen and oxygen atoms in total. The van der Waals surface area contributed by atoms with Crippen LogP contribution in [0.2, 0.25) is 0 Å². The van der Waals surface area contributed by atoms with Gasteiger partial charge in [-0.25, -0.2) is 8.42 Å². The van der Waals surface area contributed by atoms with E-state index in [2.05, 4.69) is 31.2 Å². The third kappa shape index (κ3) is 4.49. The molecule has 1 heterocycles. The summed E-state index contributed by atoms with van der Waals surface area (Å²) >= 11 is 0. The van der Waals surface area contributed by atoms with E-state index in [0.29, 0.717) is 17.7 Å². The first-order chi connectivity index (χ1) is 16.4. The zero-order valence-electron chi connectivity index (χ0n) is 20.2. The van der Waals surface area contributed by atoms with Crippen molar-refractivity contribution < 1.29 is 13.5 Å². The molecule has 0 radical (unpaired) electrons. The Labute approximate surface area is 203 Å². The molecule has 0 fully saturated rings. The number of anilines is 1. The third-order valence-electron chi connectivity index (χ3n) is 6.55. The van der Waals surface area contributed by atoms with E-state index in [9.17, 15) is 13.5 Å². The molecular formula is C29H33NO3S. The van der Waals surface area contributed by atoms with E-state index in [0.717, 1.165) is 28.7 Å². The van der Waals surface area contributed by atoms with E-state index in [1.54, 1.807) is 17.3 Å². The number of nitrogens with zero attached hydrogens (tertiary/aromatic N) is 1. The third-order valence-corrected chi connectivity index (χ3v) is 8.37. The van der Waals surface area contributed by atoms with Gasteiger partial charge in [0.25, 0.3) is 10.0 Å². The Balaban J connectivity index is 1.83. The molecule has 178 valence electrons. The van der Waals surface area contributed by atoms with Gasteiger partial charge in [0, 0.05) is 5.56 Å². The van der Waals surface area contributed by atoms with Crippen LogP contribution in [0.3, 0.4) is 0 Å². The first-order valence-corrected chi connectivity index (χ1v) is 13.6. The molecule has 4 rings (SSSR count). The molecule has 34 heavy (non-hydrogen) atoms. The van der Waals surface area contributed by atoms with E-state index in [4.69, 9.17) is 0 Å². The summed E-state index contributed by atoms with van der Waals surface area (Å²) in [5.41, 5.74) is 5.32. The van der Waals surface area contributed by atoms with Crippen molar-refractivity contribution in [2.45, 2.75) is 63.8 Å². The minimum atomic E-state index is -3.85. The van der Waals surface area contributed by atoms with Crippen molar-refractivity contribution >= 4 is 21.8 Å². The van der Waals surface area contributed by atoms with Crippen LogP contribution >= 0.6 is 0 Å². The van der Waals surface area contributed by atoms with Crippen LogP contribution in [0.15, 0.2) is 71.6 Å². The van der Waals surface area contributed by atoms with Gasteiger partial charge in [0.2, 0.25) is 0 Å². The van der Waals surface area contributed by atoms with Gasteiger partial charge in [-0.05, 0) is 78.8 Å². The summed E-state index contributed by atoms with van der Waals surface area (Å²) in [5, 5.41) is 9.94. The quantitative estimate of drug-likeness (QED) is 0.341. The smallest absolute Gasteiger partial charge is 0.264 e. The van der Waals surface area contributed by atoms with Gasteiger partial charge in [-0.2, -0.15) is 0 Å². The molecule has 0 bridgehead atoms. The number of aromatic hydroxyl groups is 1. The largest absolute Gasteiger partial charge is 0.508 e. The summed E-state index contributed by atoms with van der Waals surface area (Å²) in [4.78, 5) is 0.187. The van der Waals surface area contributed by atoms with E-state index in [1.165, 1.54) is 31.4 Å². The van der Waals surface area contributed by atoms with Gasteiger partial charge in [0.05, 0.1) is 16.6 Å². The summed E-state index contributed by atoms with van der Waals surface area (Å²) in [7, 11) is -3.85. The van der Waals surface area contributed by atoms with Crippen LogP contribution < -0.4 is 4.31 Å². The SMILES string of the molecule is CCCCC/C=C/c1ccc2c(c1)-c1ccccc1C(CC)N2S(=O)(=O)c1ccc(O)c(C)c1. The molecule has 0 amide bonds. The number of unbranched alkanes of at least 4 members (excludes halogenated alkanes) is 3. The number of fused-ring (bicyclic) bond motifs is 3. The van der Waals surface area contributed by atoms with Crippen molar-refractivity contribution in [2.75, 3.05) is 4.31 Å². The second kappa shape index (κ2) is 10.1. The summed E-state index contributed by atoms with van der Waals surface area (Å²) in [6.07, 6.45) is 9.63. The Bertz CT molecular complexity index is 1310. The second-order valence-corrected chi connectivity index (χ2v) is 10.8. The lowest BCUT2D eigenvalue weighted by Crippen LogP contribution is -2.37. The number of phenolic OH excluding ortho intramolecular Hbond substituents is 1. The average Bonchev–Trinajstić information content (AvgIpc) is 2.84. The van der Waals surface area contributed by atoms with Gasteiger partial charge in [-0.15, -0.1) is 0 Å². The first kappa shape index (κ1) is 24.1. The highest BCUT2D eigenvalue weighted by Crippen LogP contribution is 2.48. The molecule has 0 spiro atoms. The van der Waals surface area contributed by atoms with Crippen molar-refractivity contribution in [3.8, 4) is 16.9 Å². The van der Waals surface area contributed by atoms with Crippen LogP contribution in [0.25, 0.3) is 17.2 Å².